The number of carbonyl (C=O) groups excluding carboxylic acids is 1. The lowest BCUT2D eigenvalue weighted by Gasteiger charge is -2.27. The Labute approximate surface area is 166 Å². The number of aromatic nitrogens is 1. The second-order valence-electron chi connectivity index (χ2n) is 6.90. The van der Waals surface area contributed by atoms with Crippen LogP contribution in [0.25, 0.3) is 11.5 Å². The fourth-order valence-corrected chi connectivity index (χ4v) is 3.49. The van der Waals surface area contributed by atoms with Crippen LogP contribution in [-0.4, -0.2) is 47.9 Å². The van der Waals surface area contributed by atoms with E-state index in [0.717, 1.165) is 43.6 Å². The number of aliphatic imine (C=N–C) groups is 1. The first kappa shape index (κ1) is 19.9. The molecule has 1 atom stereocenters. The van der Waals surface area contributed by atoms with Gasteiger partial charge in [0.05, 0.1) is 12.2 Å². The van der Waals surface area contributed by atoms with E-state index >= 15 is 0 Å². The van der Waals surface area contributed by atoms with Gasteiger partial charge >= 0.3 is 0 Å². The zero-order chi connectivity index (χ0) is 19.8. The number of nitrogens with zero attached hydrogens (tertiary/aromatic N) is 3. The number of rotatable bonds is 8. The molecule has 1 aliphatic rings. The molecule has 0 bridgehead atoms. The number of amides is 1. The summed E-state index contributed by atoms with van der Waals surface area (Å²) in [5.41, 5.74) is 1.77. The monoisotopic (exact) mass is 383 g/mol. The summed E-state index contributed by atoms with van der Waals surface area (Å²) < 4.78 is 5.56. The quantitative estimate of drug-likeness (QED) is 0.541. The van der Waals surface area contributed by atoms with Crippen LogP contribution in [0.15, 0.2) is 46.0 Å². The average molecular weight is 383 g/mol. The summed E-state index contributed by atoms with van der Waals surface area (Å²) in [5.74, 6) is 1.61. The zero-order valence-corrected chi connectivity index (χ0v) is 16.6. The van der Waals surface area contributed by atoms with Crippen LogP contribution in [-0.2, 0) is 11.3 Å². The highest BCUT2D eigenvalue weighted by atomic mass is 16.3. The van der Waals surface area contributed by atoms with Crippen LogP contribution in [0.2, 0.25) is 0 Å². The van der Waals surface area contributed by atoms with Gasteiger partial charge in [0.1, 0.15) is 6.26 Å². The highest BCUT2D eigenvalue weighted by Crippen LogP contribution is 2.18. The number of carbonyl (C=O) groups is 1. The van der Waals surface area contributed by atoms with Gasteiger partial charge in [0.15, 0.2) is 5.96 Å². The van der Waals surface area contributed by atoms with Gasteiger partial charge in [-0.1, -0.05) is 25.1 Å². The average Bonchev–Trinajstić information content (AvgIpc) is 3.37. The molecule has 0 aliphatic carbocycles. The molecule has 0 radical (unpaired) electrons. The molecule has 1 aliphatic heterocycles. The summed E-state index contributed by atoms with van der Waals surface area (Å²) in [6.07, 6.45) is 5.21. The van der Waals surface area contributed by atoms with E-state index in [9.17, 15) is 4.79 Å². The van der Waals surface area contributed by atoms with Crippen molar-refractivity contribution < 1.29 is 9.21 Å². The van der Waals surface area contributed by atoms with Crippen molar-refractivity contribution in [1.29, 1.82) is 0 Å². The Kier molecular flexibility index (Phi) is 7.06. The van der Waals surface area contributed by atoms with Crippen molar-refractivity contribution in [3.05, 3.63) is 42.3 Å². The molecule has 0 saturated carbocycles. The van der Waals surface area contributed by atoms with Crippen LogP contribution in [0.3, 0.4) is 0 Å². The minimum absolute atomic E-state index is 0.287. The van der Waals surface area contributed by atoms with Crippen LogP contribution in [0, 0.1) is 0 Å². The lowest BCUT2D eigenvalue weighted by Crippen LogP contribution is -2.41. The lowest BCUT2D eigenvalue weighted by atomic mass is 10.1. The second-order valence-corrected chi connectivity index (χ2v) is 6.90. The molecule has 1 saturated heterocycles. The van der Waals surface area contributed by atoms with E-state index in [-0.39, 0.29) is 5.91 Å². The van der Waals surface area contributed by atoms with Gasteiger partial charge in [-0.25, -0.2) is 4.98 Å². The maximum Gasteiger partial charge on any atom is 0.226 e. The van der Waals surface area contributed by atoms with Crippen LogP contribution < -0.4 is 10.6 Å². The molecule has 7 heteroatoms. The van der Waals surface area contributed by atoms with Crippen molar-refractivity contribution in [2.45, 2.75) is 45.2 Å². The highest BCUT2D eigenvalue weighted by Gasteiger charge is 2.26. The first-order chi connectivity index (χ1) is 13.7. The normalized spacial score (nSPS) is 15.7. The van der Waals surface area contributed by atoms with E-state index < -0.39 is 0 Å². The van der Waals surface area contributed by atoms with Crippen molar-refractivity contribution in [2.24, 2.45) is 4.99 Å². The number of hydrogen-bond donors (Lipinski definition) is 2. The van der Waals surface area contributed by atoms with Crippen molar-refractivity contribution >= 4 is 11.9 Å². The molecule has 2 heterocycles. The van der Waals surface area contributed by atoms with Crippen molar-refractivity contribution in [3.63, 3.8) is 0 Å². The van der Waals surface area contributed by atoms with Crippen molar-refractivity contribution in [3.8, 4) is 11.5 Å². The summed E-state index contributed by atoms with van der Waals surface area (Å²) in [6.45, 7) is 4.31. The van der Waals surface area contributed by atoms with Crippen LogP contribution in [0.1, 0.15) is 38.3 Å². The molecule has 7 nitrogen and oxygen atoms in total. The first-order valence-electron chi connectivity index (χ1n) is 9.95. The zero-order valence-electron chi connectivity index (χ0n) is 16.6. The number of guanidine groups is 1. The van der Waals surface area contributed by atoms with Gasteiger partial charge < -0.3 is 20.0 Å². The summed E-state index contributed by atoms with van der Waals surface area (Å²) in [7, 11) is 1.74. The SMILES string of the molecule is CCC(CCNC(=NC)NCc1coc(-c2ccccc2)n1)N1CCCC1=O. The summed E-state index contributed by atoms with van der Waals surface area (Å²) >= 11 is 0. The third-order valence-electron chi connectivity index (χ3n) is 5.03. The Hall–Kier alpha value is -2.83. The Morgan fingerprint density at radius 3 is 2.82 bits per heavy atom. The maximum atomic E-state index is 11.9. The van der Waals surface area contributed by atoms with Crippen molar-refractivity contribution in [1.82, 2.24) is 20.5 Å². The molecule has 0 spiro atoms. The topological polar surface area (TPSA) is 82.8 Å². The maximum absolute atomic E-state index is 11.9. The Bertz CT molecular complexity index is 787. The number of hydrogen-bond acceptors (Lipinski definition) is 4. The third kappa shape index (κ3) is 5.12. The van der Waals surface area contributed by atoms with E-state index in [0.29, 0.717) is 30.9 Å². The largest absolute Gasteiger partial charge is 0.444 e. The van der Waals surface area contributed by atoms with Gasteiger partial charge in [0.25, 0.3) is 0 Å². The Morgan fingerprint density at radius 2 is 2.14 bits per heavy atom. The molecule has 1 aromatic heterocycles. The molecule has 2 aromatic rings. The first-order valence-corrected chi connectivity index (χ1v) is 9.95. The van der Waals surface area contributed by atoms with Crippen molar-refractivity contribution in [2.75, 3.05) is 20.1 Å². The van der Waals surface area contributed by atoms with Crippen LogP contribution in [0.4, 0.5) is 0 Å². The summed E-state index contributed by atoms with van der Waals surface area (Å²) in [5, 5.41) is 6.58. The van der Waals surface area contributed by atoms with E-state index in [4.69, 9.17) is 4.42 Å². The Balaban J connectivity index is 1.45. The molecule has 1 unspecified atom stereocenters. The number of likely N-dealkylation sites (tertiary alicyclic amines) is 1. The highest BCUT2D eigenvalue weighted by molar-refractivity contribution is 5.79. The van der Waals surface area contributed by atoms with E-state index in [1.165, 1.54) is 0 Å². The van der Waals surface area contributed by atoms with Gasteiger partial charge in [-0.15, -0.1) is 0 Å². The smallest absolute Gasteiger partial charge is 0.226 e. The number of benzene rings is 1. The van der Waals surface area contributed by atoms with Crippen LogP contribution in [0.5, 0.6) is 0 Å². The third-order valence-corrected chi connectivity index (χ3v) is 5.03. The van der Waals surface area contributed by atoms with Gasteiger partial charge in [-0.2, -0.15) is 0 Å². The standard InChI is InChI=1S/C21H29N5O2/c1-3-18(26-13-7-10-19(26)27)11-12-23-21(22-2)24-14-17-15-28-20(25-17)16-8-5-4-6-9-16/h4-6,8-9,15,18H,3,7,10-14H2,1-2H3,(H2,22,23,24). The predicted octanol–water partition coefficient (Wildman–Crippen LogP) is 2.80. The van der Waals surface area contributed by atoms with E-state index in [2.05, 4.69) is 27.5 Å². The molecule has 1 amide bonds. The summed E-state index contributed by atoms with van der Waals surface area (Å²) in [6, 6.07) is 10.1. The molecule has 1 aromatic carbocycles. The lowest BCUT2D eigenvalue weighted by molar-refractivity contribution is -0.129. The van der Waals surface area contributed by atoms with Gasteiger partial charge in [-0.05, 0) is 31.4 Å². The molecule has 1 fully saturated rings. The molecular formula is C21H29N5O2. The van der Waals surface area contributed by atoms with E-state index in [1.807, 2.05) is 35.2 Å². The molecular weight excluding hydrogens is 354 g/mol. The fraction of sp³-hybridized carbons (Fsp3) is 0.476. The number of nitrogens with one attached hydrogen (secondary N) is 2. The minimum atomic E-state index is 0.287. The van der Waals surface area contributed by atoms with Gasteiger partial charge in [0.2, 0.25) is 11.8 Å². The molecule has 28 heavy (non-hydrogen) atoms. The Morgan fingerprint density at radius 1 is 1.32 bits per heavy atom. The van der Waals surface area contributed by atoms with E-state index in [1.54, 1.807) is 13.3 Å². The summed E-state index contributed by atoms with van der Waals surface area (Å²) in [4.78, 5) is 22.7. The fourth-order valence-electron chi connectivity index (χ4n) is 3.49. The second kappa shape index (κ2) is 9.92. The predicted molar refractivity (Wildman–Crippen MR) is 110 cm³/mol. The molecule has 150 valence electrons. The van der Waals surface area contributed by atoms with Gasteiger partial charge in [0, 0.05) is 38.2 Å². The molecule has 3 rings (SSSR count). The van der Waals surface area contributed by atoms with Gasteiger partial charge in [-0.3, -0.25) is 9.79 Å². The van der Waals surface area contributed by atoms with Crippen LogP contribution >= 0.6 is 0 Å². The number of oxazole rings is 1. The minimum Gasteiger partial charge on any atom is -0.444 e. The molecule has 2 N–H and O–H groups in total.